The average molecular weight is 340 g/mol. The summed E-state index contributed by atoms with van der Waals surface area (Å²) in [5.74, 6) is -0.0465. The summed E-state index contributed by atoms with van der Waals surface area (Å²) in [4.78, 5) is 12.4. The Bertz CT molecular complexity index is 680. The van der Waals surface area contributed by atoms with Crippen molar-refractivity contribution in [2.75, 3.05) is 6.54 Å². The molecular formula is C16H19Cl2N3O. The Morgan fingerprint density at radius 2 is 2.05 bits per heavy atom. The van der Waals surface area contributed by atoms with Crippen molar-refractivity contribution in [1.82, 2.24) is 15.1 Å². The highest BCUT2D eigenvalue weighted by atomic mass is 35.5. The number of carbonyl (C=O) groups is 1. The second-order valence-corrected chi connectivity index (χ2v) is 6.60. The highest BCUT2D eigenvalue weighted by Crippen LogP contribution is 2.30. The Balaban J connectivity index is 1.99. The van der Waals surface area contributed by atoms with Gasteiger partial charge in [-0.2, -0.15) is 5.10 Å². The summed E-state index contributed by atoms with van der Waals surface area (Å²) in [6, 6.07) is 5.28. The largest absolute Gasteiger partial charge is 0.355 e. The lowest BCUT2D eigenvalue weighted by Crippen LogP contribution is -2.40. The molecule has 0 fully saturated rings. The molecule has 0 atom stereocenters. The highest BCUT2D eigenvalue weighted by molar-refractivity contribution is 6.42. The third-order valence-corrected chi connectivity index (χ3v) is 4.41. The second-order valence-electron chi connectivity index (χ2n) is 5.78. The van der Waals surface area contributed by atoms with Crippen LogP contribution in [0.25, 0.3) is 0 Å². The van der Waals surface area contributed by atoms with Crippen molar-refractivity contribution >= 4 is 29.1 Å². The summed E-state index contributed by atoms with van der Waals surface area (Å²) in [5.41, 5.74) is 1.25. The van der Waals surface area contributed by atoms with Crippen molar-refractivity contribution in [3.63, 3.8) is 0 Å². The molecule has 0 aliphatic carbocycles. The lowest BCUT2D eigenvalue weighted by atomic mass is 9.83. The molecule has 6 heteroatoms. The van der Waals surface area contributed by atoms with Crippen LogP contribution in [0.4, 0.5) is 0 Å². The summed E-state index contributed by atoms with van der Waals surface area (Å²) in [7, 11) is 1.87. The van der Waals surface area contributed by atoms with E-state index in [-0.39, 0.29) is 5.91 Å². The van der Waals surface area contributed by atoms with Crippen LogP contribution in [-0.2, 0) is 23.7 Å². The molecule has 0 bridgehead atoms. The predicted molar refractivity (Wildman–Crippen MR) is 89.4 cm³/mol. The maximum atomic E-state index is 12.4. The molecule has 0 radical (unpaired) electrons. The monoisotopic (exact) mass is 339 g/mol. The van der Waals surface area contributed by atoms with Crippen LogP contribution in [0, 0.1) is 0 Å². The first-order valence-corrected chi connectivity index (χ1v) is 7.77. The first-order chi connectivity index (χ1) is 10.3. The summed E-state index contributed by atoms with van der Waals surface area (Å²) in [6.07, 6.45) is 4.49. The fraction of sp³-hybridized carbons (Fsp3) is 0.375. The minimum absolute atomic E-state index is 0.0465. The van der Waals surface area contributed by atoms with Crippen molar-refractivity contribution in [3.8, 4) is 0 Å². The van der Waals surface area contributed by atoms with E-state index < -0.39 is 5.41 Å². The van der Waals surface area contributed by atoms with Gasteiger partial charge in [-0.3, -0.25) is 9.48 Å². The third-order valence-electron chi connectivity index (χ3n) is 3.67. The number of hydrogen-bond donors (Lipinski definition) is 1. The molecule has 1 N–H and O–H groups in total. The molecule has 1 aromatic heterocycles. The third kappa shape index (κ3) is 3.81. The first kappa shape index (κ1) is 16.8. The van der Waals surface area contributed by atoms with E-state index >= 15 is 0 Å². The first-order valence-electron chi connectivity index (χ1n) is 7.02. The van der Waals surface area contributed by atoms with Gasteiger partial charge in [-0.15, -0.1) is 0 Å². The number of aryl methyl sites for hydroxylation is 1. The molecule has 22 heavy (non-hydrogen) atoms. The Kier molecular flexibility index (Phi) is 5.14. The van der Waals surface area contributed by atoms with Crippen LogP contribution in [-0.4, -0.2) is 22.2 Å². The zero-order chi connectivity index (χ0) is 16.3. The van der Waals surface area contributed by atoms with Gasteiger partial charge in [0.05, 0.1) is 21.7 Å². The maximum Gasteiger partial charge on any atom is 0.230 e. The zero-order valence-corrected chi connectivity index (χ0v) is 14.4. The van der Waals surface area contributed by atoms with Crippen molar-refractivity contribution in [1.29, 1.82) is 0 Å². The lowest BCUT2D eigenvalue weighted by Gasteiger charge is -2.24. The van der Waals surface area contributed by atoms with Crippen molar-refractivity contribution in [2.45, 2.75) is 25.7 Å². The summed E-state index contributed by atoms with van der Waals surface area (Å²) in [5, 5.41) is 8.01. The van der Waals surface area contributed by atoms with Crippen LogP contribution < -0.4 is 5.32 Å². The Hall–Kier alpha value is -1.52. The van der Waals surface area contributed by atoms with Gasteiger partial charge >= 0.3 is 0 Å². The van der Waals surface area contributed by atoms with Gasteiger partial charge in [-0.1, -0.05) is 29.3 Å². The van der Waals surface area contributed by atoms with Gasteiger partial charge in [0.25, 0.3) is 0 Å². The molecule has 0 aliphatic rings. The number of benzene rings is 1. The minimum Gasteiger partial charge on any atom is -0.355 e. The molecular weight excluding hydrogens is 321 g/mol. The summed E-state index contributed by atoms with van der Waals surface area (Å²) < 4.78 is 1.75. The Morgan fingerprint density at radius 3 is 2.64 bits per heavy atom. The number of rotatable bonds is 5. The van der Waals surface area contributed by atoms with E-state index in [2.05, 4.69) is 10.4 Å². The maximum absolute atomic E-state index is 12.4. The smallest absolute Gasteiger partial charge is 0.230 e. The number of nitrogens with zero attached hydrogens (tertiary/aromatic N) is 2. The van der Waals surface area contributed by atoms with Crippen LogP contribution in [0.2, 0.25) is 10.0 Å². The standard InChI is InChI=1S/C16H19Cl2N3O/c1-16(2,12-4-5-13(17)14(18)8-12)15(22)19-7-6-11-9-20-21(3)10-11/h4-5,8-10H,6-7H2,1-3H3,(H,19,22). The van der Waals surface area contributed by atoms with Crippen LogP contribution in [0.5, 0.6) is 0 Å². The van der Waals surface area contributed by atoms with Gasteiger partial charge < -0.3 is 5.32 Å². The van der Waals surface area contributed by atoms with Gasteiger partial charge in [0.1, 0.15) is 0 Å². The van der Waals surface area contributed by atoms with E-state index in [0.717, 1.165) is 17.5 Å². The molecule has 0 spiro atoms. The minimum atomic E-state index is -0.677. The van der Waals surface area contributed by atoms with E-state index in [4.69, 9.17) is 23.2 Å². The number of aromatic nitrogens is 2. The van der Waals surface area contributed by atoms with Crippen molar-refractivity contribution in [2.24, 2.45) is 7.05 Å². The molecule has 2 rings (SSSR count). The van der Waals surface area contributed by atoms with Crippen LogP contribution in [0.15, 0.2) is 30.6 Å². The van der Waals surface area contributed by atoms with E-state index in [1.165, 1.54) is 0 Å². The average Bonchev–Trinajstić information content (AvgIpc) is 2.87. The molecule has 0 aliphatic heterocycles. The van der Waals surface area contributed by atoms with E-state index in [1.54, 1.807) is 23.0 Å². The number of nitrogens with one attached hydrogen (secondary N) is 1. The Labute approximate surface area is 140 Å². The van der Waals surface area contributed by atoms with Gasteiger partial charge in [0.2, 0.25) is 5.91 Å². The van der Waals surface area contributed by atoms with Gasteiger partial charge in [0, 0.05) is 19.8 Å². The fourth-order valence-corrected chi connectivity index (χ4v) is 2.46. The lowest BCUT2D eigenvalue weighted by molar-refractivity contribution is -0.125. The van der Waals surface area contributed by atoms with Crippen LogP contribution >= 0.6 is 23.2 Å². The zero-order valence-electron chi connectivity index (χ0n) is 12.9. The molecule has 4 nitrogen and oxygen atoms in total. The normalized spacial score (nSPS) is 11.5. The van der Waals surface area contributed by atoms with Gasteiger partial charge in [-0.25, -0.2) is 0 Å². The van der Waals surface area contributed by atoms with Crippen LogP contribution in [0.3, 0.4) is 0 Å². The van der Waals surface area contributed by atoms with Crippen LogP contribution in [0.1, 0.15) is 25.0 Å². The number of amides is 1. The molecule has 2 aromatic rings. The molecule has 1 amide bonds. The Morgan fingerprint density at radius 1 is 1.32 bits per heavy atom. The van der Waals surface area contributed by atoms with Gasteiger partial charge in [-0.05, 0) is 43.5 Å². The number of hydrogen-bond acceptors (Lipinski definition) is 2. The number of halogens is 2. The summed E-state index contributed by atoms with van der Waals surface area (Å²) in [6.45, 7) is 4.30. The molecule has 0 saturated carbocycles. The molecule has 118 valence electrons. The van der Waals surface area contributed by atoms with E-state index in [1.807, 2.05) is 33.2 Å². The second kappa shape index (κ2) is 6.71. The molecule has 0 saturated heterocycles. The van der Waals surface area contributed by atoms with Crippen molar-refractivity contribution in [3.05, 3.63) is 51.8 Å². The van der Waals surface area contributed by atoms with Gasteiger partial charge in [0.15, 0.2) is 0 Å². The topological polar surface area (TPSA) is 46.9 Å². The summed E-state index contributed by atoms with van der Waals surface area (Å²) >= 11 is 12.0. The van der Waals surface area contributed by atoms with Crippen molar-refractivity contribution < 1.29 is 4.79 Å². The SMILES string of the molecule is Cn1cc(CCNC(=O)C(C)(C)c2ccc(Cl)c(Cl)c2)cn1. The molecule has 0 unspecified atom stereocenters. The predicted octanol–water partition coefficient (Wildman–Crippen LogP) is 3.36. The van der Waals surface area contributed by atoms with E-state index in [9.17, 15) is 4.79 Å². The highest BCUT2D eigenvalue weighted by Gasteiger charge is 2.29. The molecule has 1 aromatic carbocycles. The molecule has 1 heterocycles. The quantitative estimate of drug-likeness (QED) is 0.907. The fourth-order valence-electron chi connectivity index (χ4n) is 2.16. The number of carbonyl (C=O) groups excluding carboxylic acids is 1. The van der Waals surface area contributed by atoms with E-state index in [0.29, 0.717) is 16.6 Å².